The zero-order valence-electron chi connectivity index (χ0n) is 12.2. The number of anilines is 1. The zero-order chi connectivity index (χ0) is 15.1. The molecule has 108 valence electrons. The number of hydrogen-bond donors (Lipinski definition) is 2. The van der Waals surface area contributed by atoms with Gasteiger partial charge in [0, 0.05) is 18.3 Å². The molecule has 2 aromatic carbocycles. The molecule has 0 saturated carbocycles. The molecule has 0 heterocycles. The van der Waals surface area contributed by atoms with Crippen LogP contribution in [-0.4, -0.2) is 12.5 Å². The monoisotopic (exact) mass is 280 g/mol. The van der Waals surface area contributed by atoms with E-state index in [-0.39, 0.29) is 5.91 Å². The molecule has 2 rings (SSSR count). The summed E-state index contributed by atoms with van der Waals surface area (Å²) in [5.41, 5.74) is 9.82. The Kier molecular flexibility index (Phi) is 5.16. The molecular weight excluding hydrogens is 260 g/mol. The molecule has 0 bridgehead atoms. The lowest BCUT2D eigenvalue weighted by Gasteiger charge is -2.05. The highest BCUT2D eigenvalue weighted by Gasteiger charge is 1.99. The lowest BCUT2D eigenvalue weighted by Crippen LogP contribution is -2.23. The highest BCUT2D eigenvalue weighted by atomic mass is 16.1. The summed E-state index contributed by atoms with van der Waals surface area (Å²) < 4.78 is 0. The molecule has 3 nitrogen and oxygen atoms in total. The van der Waals surface area contributed by atoms with E-state index in [9.17, 15) is 4.79 Å². The average molecular weight is 280 g/mol. The summed E-state index contributed by atoms with van der Waals surface area (Å²) in [6, 6.07) is 15.6. The normalized spacial score (nSPS) is 10.7. The number of nitrogens with one attached hydrogen (secondary N) is 1. The number of amides is 1. The van der Waals surface area contributed by atoms with Gasteiger partial charge in [0.05, 0.1) is 0 Å². The van der Waals surface area contributed by atoms with E-state index in [4.69, 9.17) is 5.73 Å². The quantitative estimate of drug-likeness (QED) is 0.653. The Bertz CT molecular complexity index is 647. The molecule has 0 atom stereocenters. The number of nitrogens with two attached hydrogens (primary N) is 1. The van der Waals surface area contributed by atoms with Gasteiger partial charge in [-0.3, -0.25) is 4.79 Å². The van der Waals surface area contributed by atoms with Gasteiger partial charge in [-0.05, 0) is 48.2 Å². The van der Waals surface area contributed by atoms with Crippen LogP contribution >= 0.6 is 0 Å². The van der Waals surface area contributed by atoms with Crippen LogP contribution in [0.2, 0.25) is 0 Å². The van der Waals surface area contributed by atoms with Gasteiger partial charge in [0.2, 0.25) is 5.91 Å². The maximum absolute atomic E-state index is 11.7. The molecule has 0 aliphatic rings. The van der Waals surface area contributed by atoms with Crippen molar-refractivity contribution >= 4 is 17.7 Å². The van der Waals surface area contributed by atoms with Crippen molar-refractivity contribution in [1.82, 2.24) is 5.32 Å². The first-order valence-electron chi connectivity index (χ1n) is 7.01. The van der Waals surface area contributed by atoms with Gasteiger partial charge < -0.3 is 11.1 Å². The number of benzene rings is 2. The van der Waals surface area contributed by atoms with E-state index in [0.717, 1.165) is 12.0 Å². The number of carbonyl (C=O) groups excluding carboxylic acids is 1. The molecule has 0 radical (unpaired) electrons. The summed E-state index contributed by atoms with van der Waals surface area (Å²) in [5, 5.41) is 2.89. The molecule has 0 aliphatic carbocycles. The molecule has 0 saturated heterocycles. The molecule has 3 N–H and O–H groups in total. The van der Waals surface area contributed by atoms with E-state index >= 15 is 0 Å². The first-order chi connectivity index (χ1) is 10.1. The van der Waals surface area contributed by atoms with Gasteiger partial charge in [-0.25, -0.2) is 0 Å². The lowest BCUT2D eigenvalue weighted by atomic mass is 10.1. The second-order valence-corrected chi connectivity index (χ2v) is 4.97. The topological polar surface area (TPSA) is 55.1 Å². The van der Waals surface area contributed by atoms with Gasteiger partial charge in [-0.2, -0.15) is 0 Å². The Hall–Kier alpha value is -2.55. The molecule has 0 aliphatic heterocycles. The predicted molar refractivity (Wildman–Crippen MR) is 87.8 cm³/mol. The van der Waals surface area contributed by atoms with E-state index in [2.05, 4.69) is 24.4 Å². The molecule has 0 aromatic heterocycles. The number of rotatable bonds is 5. The zero-order valence-corrected chi connectivity index (χ0v) is 12.2. The molecule has 21 heavy (non-hydrogen) atoms. The minimum atomic E-state index is -0.0917. The highest BCUT2D eigenvalue weighted by Crippen LogP contribution is 2.08. The van der Waals surface area contributed by atoms with Crippen LogP contribution in [0, 0.1) is 6.92 Å². The van der Waals surface area contributed by atoms with Gasteiger partial charge in [-0.1, -0.05) is 36.4 Å². The van der Waals surface area contributed by atoms with E-state index in [1.54, 1.807) is 6.08 Å². The van der Waals surface area contributed by atoms with Crippen LogP contribution in [0.4, 0.5) is 5.69 Å². The van der Waals surface area contributed by atoms with E-state index in [0.29, 0.717) is 12.2 Å². The minimum Gasteiger partial charge on any atom is -0.399 e. The molecule has 3 heteroatoms. The first kappa shape index (κ1) is 14.9. The van der Waals surface area contributed by atoms with E-state index in [1.165, 1.54) is 17.2 Å². The predicted octanol–water partition coefficient (Wildman–Crippen LogP) is 2.95. The Labute approximate surface area is 125 Å². The Morgan fingerprint density at radius 2 is 2.00 bits per heavy atom. The molecule has 2 aromatic rings. The summed E-state index contributed by atoms with van der Waals surface area (Å²) >= 11 is 0. The molecule has 0 spiro atoms. The van der Waals surface area contributed by atoms with Crippen LogP contribution in [0.5, 0.6) is 0 Å². The van der Waals surface area contributed by atoms with Crippen LogP contribution < -0.4 is 11.1 Å². The summed E-state index contributed by atoms with van der Waals surface area (Å²) in [6.45, 7) is 2.71. The van der Waals surface area contributed by atoms with Crippen molar-refractivity contribution in [3.63, 3.8) is 0 Å². The highest BCUT2D eigenvalue weighted by molar-refractivity contribution is 5.91. The fourth-order valence-corrected chi connectivity index (χ4v) is 2.10. The van der Waals surface area contributed by atoms with E-state index < -0.39 is 0 Å². The van der Waals surface area contributed by atoms with Crippen LogP contribution in [0.1, 0.15) is 16.7 Å². The van der Waals surface area contributed by atoms with E-state index in [1.807, 2.05) is 36.4 Å². The molecular formula is C18H20N2O. The maximum atomic E-state index is 11.7. The third-order valence-electron chi connectivity index (χ3n) is 3.29. The number of aryl methyl sites for hydroxylation is 1. The average Bonchev–Trinajstić information content (AvgIpc) is 2.47. The fourth-order valence-electron chi connectivity index (χ4n) is 2.10. The summed E-state index contributed by atoms with van der Waals surface area (Å²) in [7, 11) is 0. The smallest absolute Gasteiger partial charge is 0.244 e. The van der Waals surface area contributed by atoms with Crippen molar-refractivity contribution in [3.05, 3.63) is 71.3 Å². The standard InChI is InChI=1S/C18H20N2O/c1-14-5-2-3-7-16(14)11-12-20-18(21)10-9-15-6-4-8-17(19)13-15/h2-10,13H,11-12,19H2,1H3,(H,20,21)/b10-9+. The maximum Gasteiger partial charge on any atom is 0.244 e. The van der Waals surface area contributed by atoms with Crippen molar-refractivity contribution in [3.8, 4) is 0 Å². The summed E-state index contributed by atoms with van der Waals surface area (Å²) in [6.07, 6.45) is 4.14. The van der Waals surface area contributed by atoms with Gasteiger partial charge in [-0.15, -0.1) is 0 Å². The van der Waals surface area contributed by atoms with Crippen molar-refractivity contribution in [2.24, 2.45) is 0 Å². The van der Waals surface area contributed by atoms with Crippen LogP contribution in [0.25, 0.3) is 6.08 Å². The Morgan fingerprint density at radius 3 is 2.76 bits per heavy atom. The van der Waals surface area contributed by atoms with Gasteiger partial charge >= 0.3 is 0 Å². The van der Waals surface area contributed by atoms with Crippen LogP contribution in [0.15, 0.2) is 54.6 Å². The third kappa shape index (κ3) is 4.80. The SMILES string of the molecule is Cc1ccccc1CCNC(=O)/C=C/c1cccc(N)c1. The number of carbonyl (C=O) groups is 1. The van der Waals surface area contributed by atoms with Gasteiger partial charge in [0.25, 0.3) is 0 Å². The van der Waals surface area contributed by atoms with Crippen molar-refractivity contribution in [2.45, 2.75) is 13.3 Å². The molecule has 0 unspecified atom stereocenters. The summed E-state index contributed by atoms with van der Waals surface area (Å²) in [4.78, 5) is 11.7. The summed E-state index contributed by atoms with van der Waals surface area (Å²) in [5.74, 6) is -0.0917. The van der Waals surface area contributed by atoms with Crippen LogP contribution in [-0.2, 0) is 11.2 Å². The minimum absolute atomic E-state index is 0.0917. The van der Waals surface area contributed by atoms with Gasteiger partial charge in [0.15, 0.2) is 0 Å². The van der Waals surface area contributed by atoms with Crippen molar-refractivity contribution in [2.75, 3.05) is 12.3 Å². The molecule has 1 amide bonds. The van der Waals surface area contributed by atoms with Crippen molar-refractivity contribution in [1.29, 1.82) is 0 Å². The third-order valence-corrected chi connectivity index (χ3v) is 3.29. The number of hydrogen-bond acceptors (Lipinski definition) is 2. The first-order valence-corrected chi connectivity index (χ1v) is 7.01. The largest absolute Gasteiger partial charge is 0.399 e. The van der Waals surface area contributed by atoms with Crippen molar-refractivity contribution < 1.29 is 4.79 Å². The second-order valence-electron chi connectivity index (χ2n) is 4.97. The molecule has 0 fully saturated rings. The second kappa shape index (κ2) is 7.29. The lowest BCUT2D eigenvalue weighted by molar-refractivity contribution is -0.116. The number of nitrogen functional groups attached to an aromatic ring is 1. The van der Waals surface area contributed by atoms with Crippen LogP contribution in [0.3, 0.4) is 0 Å². The Morgan fingerprint density at radius 1 is 1.19 bits per heavy atom. The van der Waals surface area contributed by atoms with Gasteiger partial charge in [0.1, 0.15) is 0 Å². The fraction of sp³-hybridized carbons (Fsp3) is 0.167. The Balaban J connectivity index is 1.81.